The average molecular weight is 561 g/mol. The number of halogens is 1. The van der Waals surface area contributed by atoms with Crippen molar-refractivity contribution in [1.82, 2.24) is 4.31 Å². The highest BCUT2D eigenvalue weighted by atomic mass is 79.9. The Morgan fingerprint density at radius 1 is 1.21 bits per heavy atom. The molecule has 1 amide bonds. The van der Waals surface area contributed by atoms with E-state index in [0.717, 1.165) is 15.7 Å². The van der Waals surface area contributed by atoms with Crippen molar-refractivity contribution in [3.8, 4) is 0 Å². The number of ether oxygens (including phenoxy) is 1. The van der Waals surface area contributed by atoms with Gasteiger partial charge in [0.05, 0.1) is 18.0 Å². The van der Waals surface area contributed by atoms with Gasteiger partial charge >= 0.3 is 6.09 Å². The minimum atomic E-state index is -3.33. The summed E-state index contributed by atoms with van der Waals surface area (Å²) in [5.74, 6) is -0.0275. The molecule has 1 aromatic carbocycles. The summed E-state index contributed by atoms with van der Waals surface area (Å²) < 4.78 is 32.6. The van der Waals surface area contributed by atoms with Gasteiger partial charge in [0, 0.05) is 30.0 Å². The lowest BCUT2D eigenvalue weighted by Gasteiger charge is -2.37. The van der Waals surface area contributed by atoms with E-state index in [4.69, 9.17) is 4.74 Å². The van der Waals surface area contributed by atoms with E-state index in [-0.39, 0.29) is 17.9 Å². The Kier molecular flexibility index (Phi) is 16.0. The first-order valence-corrected chi connectivity index (χ1v) is 14.1. The number of carbonyl (C=O) groups is 1. The third kappa shape index (κ3) is 9.90. The molecule has 0 radical (unpaired) electrons. The summed E-state index contributed by atoms with van der Waals surface area (Å²) in [5.41, 5.74) is 7.05. The number of fused-ring (bicyclic) bond motifs is 1. The maximum absolute atomic E-state index is 12.5. The number of sulfonamides is 1. The number of hydrogen-bond donors (Lipinski definition) is 1. The number of carbonyl (C=O) groups excluding carboxylic acids is 1. The molecule has 0 aliphatic carbocycles. The monoisotopic (exact) mass is 559 g/mol. The second kappa shape index (κ2) is 16.9. The van der Waals surface area contributed by atoms with Crippen molar-refractivity contribution in [3.05, 3.63) is 52.5 Å². The molecular formula is C25H42BrN3O4S. The van der Waals surface area contributed by atoms with Crippen LogP contribution in [0, 0.1) is 0 Å². The van der Waals surface area contributed by atoms with Crippen molar-refractivity contribution in [2.75, 3.05) is 37.4 Å². The van der Waals surface area contributed by atoms with E-state index in [1.54, 1.807) is 11.8 Å². The fourth-order valence-electron chi connectivity index (χ4n) is 3.53. The van der Waals surface area contributed by atoms with E-state index in [0.29, 0.717) is 44.5 Å². The summed E-state index contributed by atoms with van der Waals surface area (Å²) in [6.45, 7) is 14.6. The largest absolute Gasteiger partial charge is 0.449 e. The number of piperidine rings is 1. The zero-order valence-corrected chi connectivity index (χ0v) is 23.9. The summed E-state index contributed by atoms with van der Waals surface area (Å²) in [4.78, 5) is 14.2. The normalized spacial score (nSPS) is 16.5. The summed E-state index contributed by atoms with van der Waals surface area (Å²) in [6, 6.07) is 5.78. The molecule has 0 spiro atoms. The van der Waals surface area contributed by atoms with Gasteiger partial charge in [0.15, 0.2) is 0 Å². The number of nitrogens with zero attached hydrogens (tertiary/aromatic N) is 2. The first-order chi connectivity index (χ1) is 16.2. The third-order valence-corrected chi connectivity index (χ3v) is 7.54. The first-order valence-electron chi connectivity index (χ1n) is 11.7. The Morgan fingerprint density at radius 3 is 2.26 bits per heavy atom. The number of nitrogens with two attached hydrogens (primary N) is 1. The Hall–Kier alpha value is -1.68. The van der Waals surface area contributed by atoms with Crippen molar-refractivity contribution >= 4 is 37.7 Å². The molecule has 0 bridgehead atoms. The van der Waals surface area contributed by atoms with Gasteiger partial charge < -0.3 is 10.5 Å². The molecular weight excluding hydrogens is 518 g/mol. The number of cyclic esters (lactones) is 1. The molecule has 3 rings (SSSR count). The van der Waals surface area contributed by atoms with Crippen LogP contribution < -0.4 is 10.6 Å². The van der Waals surface area contributed by atoms with Gasteiger partial charge in [-0.2, -0.15) is 0 Å². The van der Waals surface area contributed by atoms with Crippen molar-refractivity contribution in [3.63, 3.8) is 0 Å². The van der Waals surface area contributed by atoms with Gasteiger partial charge in [-0.1, -0.05) is 54.1 Å². The average Bonchev–Trinajstić information content (AvgIpc) is 2.98. The van der Waals surface area contributed by atoms with Crippen molar-refractivity contribution in [2.45, 2.75) is 59.9 Å². The van der Waals surface area contributed by atoms with E-state index in [1.165, 1.54) is 11.4 Å². The Labute approximate surface area is 215 Å². The van der Waals surface area contributed by atoms with Gasteiger partial charge in [-0.15, -0.1) is 0 Å². The van der Waals surface area contributed by atoms with Crippen LogP contribution in [0.25, 0.3) is 0 Å². The molecule has 0 saturated carbocycles. The predicted octanol–water partition coefficient (Wildman–Crippen LogP) is 5.50. The standard InChI is InChI=1S/C18H23BrN2O4S.C4H8.C2H6.CH5N/c1-13(2)12-26(23,24)20-8-5-16(6-9-20)21-17-4-3-15(19)11-14(17)7-10-25-18(21)22;1-3-4-2;2*1-2/h3-4,11,16H,1,5-10,12H2,2H3;3-4H,1-2H3;1-2H3;2H2,1H3/b;4-3-;;. The lowest BCUT2D eigenvalue weighted by atomic mass is 10.0. The van der Waals surface area contributed by atoms with Crippen LogP contribution in [-0.2, 0) is 21.2 Å². The summed E-state index contributed by atoms with van der Waals surface area (Å²) in [6.07, 6.45) is 5.48. The third-order valence-electron chi connectivity index (χ3n) is 5.04. The van der Waals surface area contributed by atoms with Crippen molar-refractivity contribution < 1.29 is 17.9 Å². The number of anilines is 1. The molecule has 1 fully saturated rings. The molecule has 194 valence electrons. The van der Waals surface area contributed by atoms with Crippen LogP contribution in [0.1, 0.15) is 53.0 Å². The predicted molar refractivity (Wildman–Crippen MR) is 147 cm³/mol. The topological polar surface area (TPSA) is 92.9 Å². The van der Waals surface area contributed by atoms with Crippen LogP contribution in [0.2, 0.25) is 0 Å². The lowest BCUT2D eigenvalue weighted by molar-refractivity contribution is 0.152. The Bertz CT molecular complexity index is 891. The van der Waals surface area contributed by atoms with Crippen LogP contribution in [0.5, 0.6) is 0 Å². The van der Waals surface area contributed by atoms with Gasteiger partial charge in [-0.05, 0) is 64.4 Å². The number of benzene rings is 1. The summed E-state index contributed by atoms with van der Waals surface area (Å²) in [7, 11) is -1.83. The van der Waals surface area contributed by atoms with Crippen LogP contribution in [0.3, 0.4) is 0 Å². The number of rotatable bonds is 4. The zero-order valence-electron chi connectivity index (χ0n) is 21.5. The van der Waals surface area contributed by atoms with E-state index in [2.05, 4.69) is 28.2 Å². The highest BCUT2D eigenvalue weighted by Crippen LogP contribution is 2.32. The van der Waals surface area contributed by atoms with Gasteiger partial charge in [-0.25, -0.2) is 17.5 Å². The van der Waals surface area contributed by atoms with Gasteiger partial charge in [0.2, 0.25) is 10.0 Å². The van der Waals surface area contributed by atoms with Crippen LogP contribution in [0.4, 0.5) is 10.5 Å². The van der Waals surface area contributed by atoms with Gasteiger partial charge in [-0.3, -0.25) is 4.90 Å². The molecule has 1 aromatic rings. The van der Waals surface area contributed by atoms with Crippen molar-refractivity contribution in [2.24, 2.45) is 5.73 Å². The van der Waals surface area contributed by atoms with Crippen LogP contribution >= 0.6 is 15.9 Å². The molecule has 0 atom stereocenters. The van der Waals surface area contributed by atoms with Gasteiger partial charge in [0.1, 0.15) is 0 Å². The van der Waals surface area contributed by atoms with E-state index in [1.807, 2.05) is 58.0 Å². The molecule has 2 heterocycles. The fourth-order valence-corrected chi connectivity index (χ4v) is 5.51. The molecule has 1 saturated heterocycles. The highest BCUT2D eigenvalue weighted by Gasteiger charge is 2.35. The van der Waals surface area contributed by atoms with Crippen LogP contribution in [-0.4, -0.2) is 57.4 Å². The first kappa shape index (κ1) is 32.3. The molecule has 2 aliphatic rings. The smallest absolute Gasteiger partial charge is 0.414 e. The zero-order chi connectivity index (χ0) is 26.3. The molecule has 0 aromatic heterocycles. The lowest BCUT2D eigenvalue weighted by Crippen LogP contribution is -2.49. The Morgan fingerprint density at radius 2 is 1.76 bits per heavy atom. The fraction of sp³-hybridized carbons (Fsp3) is 0.560. The second-order valence-electron chi connectivity index (χ2n) is 7.52. The number of amides is 1. The molecule has 9 heteroatoms. The number of hydrogen-bond acceptors (Lipinski definition) is 5. The minimum absolute atomic E-state index is 0.0275. The Balaban J connectivity index is 0.00000121. The van der Waals surface area contributed by atoms with E-state index >= 15 is 0 Å². The molecule has 0 unspecified atom stereocenters. The van der Waals surface area contributed by atoms with Crippen molar-refractivity contribution in [1.29, 1.82) is 0 Å². The second-order valence-corrected chi connectivity index (χ2v) is 10.4. The minimum Gasteiger partial charge on any atom is -0.449 e. The number of allylic oxidation sites excluding steroid dienone is 2. The highest BCUT2D eigenvalue weighted by molar-refractivity contribution is 9.10. The summed E-state index contributed by atoms with van der Waals surface area (Å²) in [5, 5.41) is 0. The quantitative estimate of drug-likeness (QED) is 0.491. The van der Waals surface area contributed by atoms with E-state index in [9.17, 15) is 13.2 Å². The molecule has 2 aliphatic heterocycles. The van der Waals surface area contributed by atoms with Gasteiger partial charge in [0.25, 0.3) is 0 Å². The van der Waals surface area contributed by atoms with E-state index < -0.39 is 10.0 Å². The molecule has 7 nitrogen and oxygen atoms in total. The molecule has 2 N–H and O–H groups in total. The SMILES string of the molecule is C/C=C\C.C=C(C)CS(=O)(=O)N1CCC(N2C(=O)OCCc3cc(Br)ccc32)CC1.CC.CN. The summed E-state index contributed by atoms with van der Waals surface area (Å²) >= 11 is 3.47. The maximum Gasteiger partial charge on any atom is 0.414 e. The van der Waals surface area contributed by atoms with Crippen LogP contribution in [0.15, 0.2) is 47.0 Å². The maximum atomic E-state index is 12.5. The molecule has 34 heavy (non-hydrogen) atoms.